The number of benzene rings is 2. The van der Waals surface area contributed by atoms with Crippen molar-refractivity contribution in [1.29, 1.82) is 0 Å². The number of hydrogen-bond donors (Lipinski definition) is 2. The van der Waals surface area contributed by atoms with Gasteiger partial charge in [0.05, 0.1) is 0 Å². The predicted octanol–water partition coefficient (Wildman–Crippen LogP) is 5.64. The van der Waals surface area contributed by atoms with Gasteiger partial charge in [0.25, 0.3) is 0 Å². The van der Waals surface area contributed by atoms with Crippen LogP contribution >= 0.6 is 0 Å². The summed E-state index contributed by atoms with van der Waals surface area (Å²) in [5.74, 6) is -1.90. The summed E-state index contributed by atoms with van der Waals surface area (Å²) in [6.45, 7) is 4.27. The highest BCUT2D eigenvalue weighted by Gasteiger charge is 2.36. The van der Waals surface area contributed by atoms with Crippen LogP contribution in [0.1, 0.15) is 34.0 Å². The lowest BCUT2D eigenvalue weighted by molar-refractivity contribution is 0.191. The summed E-state index contributed by atoms with van der Waals surface area (Å²) < 4.78 is 29.1. The molecule has 0 fully saturated rings. The molecule has 4 aromatic rings. The molecule has 1 atom stereocenters. The van der Waals surface area contributed by atoms with Crippen molar-refractivity contribution in [2.24, 2.45) is 0 Å². The van der Waals surface area contributed by atoms with Crippen molar-refractivity contribution in [3.05, 3.63) is 94.3 Å². The molecule has 2 amide bonds. The molecular formula is C25H22F2N4O. The summed E-state index contributed by atoms with van der Waals surface area (Å²) in [7, 11) is 0. The van der Waals surface area contributed by atoms with Crippen molar-refractivity contribution in [3.63, 3.8) is 0 Å². The van der Waals surface area contributed by atoms with E-state index in [4.69, 9.17) is 0 Å². The van der Waals surface area contributed by atoms with E-state index in [1.165, 1.54) is 12.1 Å². The first kappa shape index (κ1) is 20.2. The van der Waals surface area contributed by atoms with E-state index in [0.29, 0.717) is 30.0 Å². The van der Waals surface area contributed by atoms with Crippen LogP contribution in [0, 0.1) is 25.5 Å². The van der Waals surface area contributed by atoms with Crippen LogP contribution in [-0.2, 0) is 6.42 Å². The number of amides is 2. The molecule has 7 heteroatoms. The summed E-state index contributed by atoms with van der Waals surface area (Å²) in [6.07, 6.45) is 2.25. The van der Waals surface area contributed by atoms with Crippen molar-refractivity contribution in [1.82, 2.24) is 14.9 Å². The number of anilines is 1. The van der Waals surface area contributed by atoms with Crippen LogP contribution in [-0.4, -0.2) is 27.4 Å². The number of carbonyl (C=O) groups is 1. The Kier molecular flexibility index (Phi) is 4.89. The van der Waals surface area contributed by atoms with E-state index in [1.807, 2.05) is 44.2 Å². The molecule has 3 heterocycles. The zero-order valence-electron chi connectivity index (χ0n) is 17.7. The average Bonchev–Trinajstić information content (AvgIpc) is 3.13. The number of H-pyrrole nitrogens is 1. The Morgan fingerprint density at radius 2 is 1.91 bits per heavy atom. The first-order chi connectivity index (χ1) is 15.4. The van der Waals surface area contributed by atoms with Crippen molar-refractivity contribution in [2.45, 2.75) is 26.3 Å². The normalized spacial score (nSPS) is 15.6. The third-order valence-electron chi connectivity index (χ3n) is 5.91. The second-order valence-corrected chi connectivity index (χ2v) is 8.21. The van der Waals surface area contributed by atoms with Gasteiger partial charge in [-0.25, -0.2) is 18.6 Å². The number of nitrogens with zero attached hydrogens (tertiary/aromatic N) is 2. The van der Waals surface area contributed by atoms with E-state index in [9.17, 15) is 13.6 Å². The Morgan fingerprint density at radius 1 is 1.12 bits per heavy atom. The summed E-state index contributed by atoms with van der Waals surface area (Å²) >= 11 is 0. The molecular weight excluding hydrogens is 410 g/mol. The van der Waals surface area contributed by atoms with Gasteiger partial charge < -0.3 is 15.2 Å². The molecule has 0 bridgehead atoms. The third-order valence-corrected chi connectivity index (χ3v) is 5.91. The maximum absolute atomic E-state index is 14.9. The van der Waals surface area contributed by atoms with Crippen molar-refractivity contribution >= 4 is 22.8 Å². The number of aryl methyl sites for hydroxylation is 2. The van der Waals surface area contributed by atoms with Gasteiger partial charge in [-0.1, -0.05) is 18.2 Å². The Morgan fingerprint density at radius 3 is 2.69 bits per heavy atom. The average molecular weight is 432 g/mol. The second kappa shape index (κ2) is 7.75. The maximum Gasteiger partial charge on any atom is 0.322 e. The summed E-state index contributed by atoms with van der Waals surface area (Å²) in [5.41, 5.74) is 5.10. The van der Waals surface area contributed by atoms with Gasteiger partial charge >= 0.3 is 6.03 Å². The topological polar surface area (TPSA) is 61.0 Å². The summed E-state index contributed by atoms with van der Waals surface area (Å²) in [5, 5.41) is 3.86. The van der Waals surface area contributed by atoms with Gasteiger partial charge in [-0.15, -0.1) is 0 Å². The Hall–Kier alpha value is -3.74. The highest BCUT2D eigenvalue weighted by Crippen LogP contribution is 2.39. The lowest BCUT2D eigenvalue weighted by Crippen LogP contribution is -2.43. The van der Waals surface area contributed by atoms with Gasteiger partial charge in [0.15, 0.2) is 11.6 Å². The fraction of sp³-hybridized carbons (Fsp3) is 0.200. The van der Waals surface area contributed by atoms with Crippen molar-refractivity contribution in [2.75, 3.05) is 11.9 Å². The Bertz CT molecular complexity index is 1330. The van der Waals surface area contributed by atoms with E-state index in [0.717, 1.165) is 28.1 Å². The molecule has 1 unspecified atom stereocenters. The summed E-state index contributed by atoms with van der Waals surface area (Å²) in [6, 6.07) is 12.4. The van der Waals surface area contributed by atoms with E-state index < -0.39 is 17.7 Å². The van der Waals surface area contributed by atoms with Crippen LogP contribution < -0.4 is 5.32 Å². The number of pyridine rings is 1. The van der Waals surface area contributed by atoms with Gasteiger partial charge in [0, 0.05) is 35.1 Å². The minimum Gasteiger partial charge on any atom is -0.341 e. The quantitative estimate of drug-likeness (QED) is 0.431. The van der Waals surface area contributed by atoms with Crippen LogP contribution in [0.2, 0.25) is 0 Å². The molecule has 1 aliphatic rings. The molecule has 162 valence electrons. The van der Waals surface area contributed by atoms with E-state index in [-0.39, 0.29) is 11.6 Å². The molecule has 32 heavy (non-hydrogen) atoms. The number of nitrogens with one attached hydrogen (secondary N) is 2. The SMILES string of the molecule is Cc1cc(C)cc(NC(=O)N2CCc3c([nH]c4ncccc34)C2c2cccc(F)c2F)c1. The molecule has 0 spiro atoms. The number of carbonyl (C=O) groups excluding carboxylic acids is 1. The molecule has 0 saturated carbocycles. The fourth-order valence-corrected chi connectivity index (χ4v) is 4.63. The number of rotatable bonds is 2. The van der Waals surface area contributed by atoms with E-state index >= 15 is 0 Å². The Balaban J connectivity index is 1.61. The summed E-state index contributed by atoms with van der Waals surface area (Å²) in [4.78, 5) is 22.5. The lowest BCUT2D eigenvalue weighted by atomic mass is 9.92. The van der Waals surface area contributed by atoms with Crippen molar-refractivity contribution in [3.8, 4) is 0 Å². The fourth-order valence-electron chi connectivity index (χ4n) is 4.63. The molecule has 0 aliphatic carbocycles. The molecule has 0 saturated heterocycles. The molecule has 2 aromatic heterocycles. The van der Waals surface area contributed by atoms with Crippen LogP contribution in [0.25, 0.3) is 11.0 Å². The molecule has 0 radical (unpaired) electrons. The highest BCUT2D eigenvalue weighted by molar-refractivity contribution is 5.91. The number of urea groups is 1. The van der Waals surface area contributed by atoms with E-state index in [2.05, 4.69) is 15.3 Å². The number of hydrogen-bond acceptors (Lipinski definition) is 2. The molecule has 5 nitrogen and oxygen atoms in total. The lowest BCUT2D eigenvalue weighted by Gasteiger charge is -2.36. The zero-order chi connectivity index (χ0) is 22.4. The smallest absolute Gasteiger partial charge is 0.322 e. The largest absolute Gasteiger partial charge is 0.341 e. The van der Waals surface area contributed by atoms with Crippen LogP contribution in [0.15, 0.2) is 54.7 Å². The Labute approximate surface area is 184 Å². The van der Waals surface area contributed by atoms with Gasteiger partial charge in [0.2, 0.25) is 0 Å². The maximum atomic E-state index is 14.9. The van der Waals surface area contributed by atoms with Gasteiger partial charge in [0.1, 0.15) is 11.7 Å². The minimum absolute atomic E-state index is 0.105. The third kappa shape index (κ3) is 3.39. The number of halogens is 2. The predicted molar refractivity (Wildman–Crippen MR) is 120 cm³/mol. The van der Waals surface area contributed by atoms with Crippen molar-refractivity contribution < 1.29 is 13.6 Å². The number of fused-ring (bicyclic) bond motifs is 3. The molecule has 2 N–H and O–H groups in total. The molecule has 5 rings (SSSR count). The van der Waals surface area contributed by atoms with Gasteiger partial charge in [-0.2, -0.15) is 0 Å². The van der Waals surface area contributed by atoms with Crippen LogP contribution in [0.3, 0.4) is 0 Å². The van der Waals surface area contributed by atoms with Gasteiger partial charge in [-0.05, 0) is 67.3 Å². The van der Waals surface area contributed by atoms with Crippen LogP contribution in [0.4, 0.5) is 19.3 Å². The zero-order valence-corrected chi connectivity index (χ0v) is 17.7. The first-order valence-corrected chi connectivity index (χ1v) is 10.5. The molecule has 1 aliphatic heterocycles. The first-order valence-electron chi connectivity index (χ1n) is 10.5. The number of aromatic nitrogens is 2. The number of aromatic amines is 1. The van der Waals surface area contributed by atoms with E-state index in [1.54, 1.807) is 11.1 Å². The molecule has 2 aromatic carbocycles. The second-order valence-electron chi connectivity index (χ2n) is 8.21. The van der Waals surface area contributed by atoms with Gasteiger partial charge in [-0.3, -0.25) is 0 Å². The van der Waals surface area contributed by atoms with Crippen LogP contribution in [0.5, 0.6) is 0 Å². The highest BCUT2D eigenvalue weighted by atomic mass is 19.2. The standard InChI is InChI=1S/C25H22F2N4O/c1-14-11-15(2)13-16(12-14)29-25(32)31-10-8-17-18-6-4-9-28-24(18)30-22(17)23(31)19-5-3-7-20(26)21(19)27/h3-7,9,11-13,23H,8,10H2,1-2H3,(H,28,30)(H,29,32). The minimum atomic E-state index is -0.957. The monoisotopic (exact) mass is 432 g/mol.